The summed E-state index contributed by atoms with van der Waals surface area (Å²) in [6.45, 7) is 2.99. The van der Waals surface area contributed by atoms with Gasteiger partial charge in [0.15, 0.2) is 0 Å². The summed E-state index contributed by atoms with van der Waals surface area (Å²) in [5.74, 6) is -5.19. The average molecular weight is 406 g/mol. The lowest BCUT2D eigenvalue weighted by Crippen LogP contribution is -2.57. The topological polar surface area (TPSA) is 188 Å². The van der Waals surface area contributed by atoms with Gasteiger partial charge in [-0.1, -0.05) is 13.8 Å². The number of aliphatic carboxylic acids is 2. The lowest BCUT2D eigenvalue weighted by atomic mass is 10.0. The van der Waals surface area contributed by atoms with Gasteiger partial charge in [-0.3, -0.25) is 19.2 Å². The van der Waals surface area contributed by atoms with Crippen LogP contribution in [-0.2, 0) is 24.0 Å². The van der Waals surface area contributed by atoms with E-state index in [2.05, 4.69) is 28.6 Å². The van der Waals surface area contributed by atoms with E-state index >= 15 is 0 Å². The van der Waals surface area contributed by atoms with Gasteiger partial charge in [0.05, 0.1) is 6.54 Å². The summed E-state index contributed by atoms with van der Waals surface area (Å²) < 4.78 is 0. The molecule has 0 heterocycles. The van der Waals surface area contributed by atoms with E-state index in [0.717, 1.165) is 0 Å². The van der Waals surface area contributed by atoms with Crippen LogP contribution in [0.3, 0.4) is 0 Å². The van der Waals surface area contributed by atoms with Crippen molar-refractivity contribution in [3.8, 4) is 0 Å². The third-order valence-electron chi connectivity index (χ3n) is 3.53. The van der Waals surface area contributed by atoms with Crippen LogP contribution in [0.5, 0.6) is 0 Å². The lowest BCUT2D eigenvalue weighted by molar-refractivity contribution is -0.142. The van der Waals surface area contributed by atoms with Crippen LogP contribution in [0.25, 0.3) is 0 Å². The van der Waals surface area contributed by atoms with Crippen LogP contribution in [0.4, 0.5) is 0 Å². The SMILES string of the molecule is CC(C)C(NC(=O)CN)C(=O)NC(CCC(=O)O)C(=O)NC(CS)C(=O)O. The second kappa shape index (κ2) is 12.1. The fourth-order valence-corrected chi connectivity index (χ4v) is 2.27. The Bertz CT molecular complexity index is 570. The average Bonchev–Trinajstić information content (AvgIpc) is 2.59. The van der Waals surface area contributed by atoms with Crippen LogP contribution in [0, 0.1) is 5.92 Å². The van der Waals surface area contributed by atoms with Gasteiger partial charge in [-0.05, 0) is 12.3 Å². The summed E-state index contributed by atoms with van der Waals surface area (Å²) in [4.78, 5) is 58.1. The Hall–Kier alpha value is -2.34. The highest BCUT2D eigenvalue weighted by Gasteiger charge is 2.30. The van der Waals surface area contributed by atoms with Gasteiger partial charge in [-0.15, -0.1) is 0 Å². The molecule has 0 spiro atoms. The molecule has 0 saturated carbocycles. The van der Waals surface area contributed by atoms with Gasteiger partial charge < -0.3 is 31.9 Å². The molecule has 0 fully saturated rings. The van der Waals surface area contributed by atoms with Gasteiger partial charge in [-0.25, -0.2) is 4.79 Å². The maximum Gasteiger partial charge on any atom is 0.327 e. The Kier molecular flexibility index (Phi) is 11.1. The van der Waals surface area contributed by atoms with Gasteiger partial charge in [0.2, 0.25) is 17.7 Å². The Morgan fingerprint density at radius 2 is 1.52 bits per heavy atom. The third-order valence-corrected chi connectivity index (χ3v) is 3.89. The number of carboxylic acids is 2. The molecule has 0 aliphatic heterocycles. The summed E-state index contributed by atoms with van der Waals surface area (Å²) in [5, 5.41) is 24.8. The van der Waals surface area contributed by atoms with Crippen molar-refractivity contribution in [1.82, 2.24) is 16.0 Å². The minimum Gasteiger partial charge on any atom is -0.481 e. The van der Waals surface area contributed by atoms with Crippen molar-refractivity contribution in [1.29, 1.82) is 0 Å². The van der Waals surface area contributed by atoms with E-state index in [9.17, 15) is 24.0 Å². The van der Waals surface area contributed by atoms with Crippen molar-refractivity contribution in [2.45, 2.75) is 44.8 Å². The van der Waals surface area contributed by atoms with Crippen LogP contribution in [0.2, 0.25) is 0 Å². The van der Waals surface area contributed by atoms with Gasteiger partial charge in [-0.2, -0.15) is 12.6 Å². The van der Waals surface area contributed by atoms with Crippen LogP contribution >= 0.6 is 12.6 Å². The molecular formula is C15H26N4O7S. The molecular weight excluding hydrogens is 380 g/mol. The zero-order valence-electron chi connectivity index (χ0n) is 15.1. The number of rotatable bonds is 12. The number of carboxylic acid groups (broad SMARTS) is 2. The van der Waals surface area contributed by atoms with Crippen molar-refractivity contribution in [2.24, 2.45) is 11.7 Å². The van der Waals surface area contributed by atoms with Crippen molar-refractivity contribution in [3.63, 3.8) is 0 Å². The van der Waals surface area contributed by atoms with Gasteiger partial charge in [0.1, 0.15) is 18.1 Å². The second-order valence-corrected chi connectivity index (χ2v) is 6.43. The van der Waals surface area contributed by atoms with E-state index in [1.807, 2.05) is 0 Å². The first kappa shape index (κ1) is 24.7. The first-order valence-electron chi connectivity index (χ1n) is 8.19. The molecule has 0 aliphatic carbocycles. The van der Waals surface area contributed by atoms with Crippen LogP contribution in [-0.4, -0.2) is 70.3 Å². The molecule has 0 aromatic rings. The van der Waals surface area contributed by atoms with Gasteiger partial charge in [0.25, 0.3) is 0 Å². The van der Waals surface area contributed by atoms with Gasteiger partial charge in [0, 0.05) is 12.2 Å². The number of amides is 3. The predicted octanol–water partition coefficient (Wildman–Crippen LogP) is -2.07. The highest BCUT2D eigenvalue weighted by molar-refractivity contribution is 7.80. The molecule has 0 aromatic heterocycles. The highest BCUT2D eigenvalue weighted by Crippen LogP contribution is 2.05. The van der Waals surface area contributed by atoms with E-state index < -0.39 is 54.2 Å². The lowest BCUT2D eigenvalue weighted by Gasteiger charge is -2.25. The molecule has 12 heteroatoms. The smallest absolute Gasteiger partial charge is 0.327 e. The first-order valence-corrected chi connectivity index (χ1v) is 8.82. The molecule has 0 aromatic carbocycles. The Labute approximate surface area is 161 Å². The zero-order chi connectivity index (χ0) is 21.1. The number of nitrogens with one attached hydrogen (secondary N) is 3. The fourth-order valence-electron chi connectivity index (χ4n) is 2.02. The molecule has 0 rings (SSSR count). The summed E-state index contributed by atoms with van der Waals surface area (Å²) >= 11 is 3.82. The number of thiol groups is 1. The van der Waals surface area contributed by atoms with Crippen molar-refractivity contribution >= 4 is 42.3 Å². The van der Waals surface area contributed by atoms with Crippen LogP contribution in [0.15, 0.2) is 0 Å². The summed E-state index contributed by atoms with van der Waals surface area (Å²) in [6.07, 6.45) is -0.694. The molecule has 11 nitrogen and oxygen atoms in total. The van der Waals surface area contributed by atoms with E-state index in [4.69, 9.17) is 15.9 Å². The van der Waals surface area contributed by atoms with E-state index in [0.29, 0.717) is 0 Å². The molecule has 0 radical (unpaired) electrons. The monoisotopic (exact) mass is 406 g/mol. The molecule has 3 atom stereocenters. The van der Waals surface area contributed by atoms with Crippen LogP contribution < -0.4 is 21.7 Å². The van der Waals surface area contributed by atoms with E-state index in [-0.39, 0.29) is 24.6 Å². The van der Waals surface area contributed by atoms with E-state index in [1.54, 1.807) is 13.8 Å². The van der Waals surface area contributed by atoms with E-state index in [1.165, 1.54) is 0 Å². The summed E-state index contributed by atoms with van der Waals surface area (Å²) in [7, 11) is 0. The summed E-state index contributed by atoms with van der Waals surface area (Å²) in [6, 6.07) is -3.60. The van der Waals surface area contributed by atoms with Crippen molar-refractivity contribution < 1.29 is 34.2 Å². The molecule has 7 N–H and O–H groups in total. The third kappa shape index (κ3) is 9.24. The Balaban J connectivity index is 5.28. The molecule has 3 unspecified atom stereocenters. The quantitative estimate of drug-likeness (QED) is 0.180. The summed E-state index contributed by atoms with van der Waals surface area (Å²) in [5.41, 5.74) is 5.21. The maximum atomic E-state index is 12.5. The zero-order valence-corrected chi connectivity index (χ0v) is 16.0. The molecule has 154 valence electrons. The van der Waals surface area contributed by atoms with Crippen molar-refractivity contribution in [2.75, 3.05) is 12.3 Å². The second-order valence-electron chi connectivity index (χ2n) is 6.07. The van der Waals surface area contributed by atoms with Crippen molar-refractivity contribution in [3.05, 3.63) is 0 Å². The molecule has 27 heavy (non-hydrogen) atoms. The highest BCUT2D eigenvalue weighted by atomic mass is 32.1. The Morgan fingerprint density at radius 1 is 0.963 bits per heavy atom. The molecule has 0 saturated heterocycles. The number of hydrogen-bond acceptors (Lipinski definition) is 7. The molecule has 3 amide bonds. The Morgan fingerprint density at radius 3 is 1.93 bits per heavy atom. The molecule has 0 bridgehead atoms. The predicted molar refractivity (Wildman–Crippen MR) is 98.0 cm³/mol. The normalized spacial score (nSPS) is 14.0. The minimum absolute atomic E-state index is 0.193. The number of nitrogens with two attached hydrogens (primary N) is 1. The van der Waals surface area contributed by atoms with Crippen LogP contribution in [0.1, 0.15) is 26.7 Å². The number of carbonyl (C=O) groups is 5. The first-order chi connectivity index (χ1) is 12.5. The number of carbonyl (C=O) groups excluding carboxylic acids is 3. The van der Waals surface area contributed by atoms with Gasteiger partial charge >= 0.3 is 11.9 Å². The maximum absolute atomic E-state index is 12.5. The standard InChI is InChI=1S/C15H26N4O7S/c1-7(2)12(19-10(20)5-16)14(24)17-8(3-4-11(21)22)13(23)18-9(6-27)15(25)26/h7-9,12,27H,3-6,16H2,1-2H3,(H,17,24)(H,18,23)(H,19,20)(H,21,22)(H,25,26). The fraction of sp³-hybridized carbons (Fsp3) is 0.667. The minimum atomic E-state index is -1.32. The largest absolute Gasteiger partial charge is 0.481 e. The number of hydrogen-bond donors (Lipinski definition) is 7. The molecule has 0 aliphatic rings.